The first-order chi connectivity index (χ1) is 31.1. The van der Waals surface area contributed by atoms with E-state index in [2.05, 4.69) is 0 Å². The molecule has 0 saturated heterocycles. The number of rotatable bonds is 48. The lowest BCUT2D eigenvalue weighted by atomic mass is 10.1. The monoisotopic (exact) mass is 960 g/mol. The SMILES string of the molecule is O=S(=O)(O)CCCCOCCOCCOCCOCCOCCOCCOc1cc2ccccc2cc1OCCOCCOCCOCCOCCOCCOCCCCS(=O)(=O)O. The molecule has 22 heteroatoms. The summed E-state index contributed by atoms with van der Waals surface area (Å²) in [6.07, 6.45) is 1.82. The maximum atomic E-state index is 10.6. The van der Waals surface area contributed by atoms with Crippen LogP contribution in [0, 0.1) is 0 Å². The Hall–Kier alpha value is -2.36. The number of hydrogen-bond donors (Lipinski definition) is 2. The van der Waals surface area contributed by atoms with Crippen LogP contribution in [-0.2, 0) is 77.1 Å². The van der Waals surface area contributed by atoms with Crippen molar-refractivity contribution < 1.29 is 92.3 Å². The average molecular weight is 961 g/mol. The van der Waals surface area contributed by atoms with E-state index in [9.17, 15) is 16.8 Å². The van der Waals surface area contributed by atoms with Gasteiger partial charge in [-0.3, -0.25) is 9.11 Å². The molecule has 2 rings (SSSR count). The Bertz CT molecular complexity index is 1480. The molecule has 0 aliphatic heterocycles. The van der Waals surface area contributed by atoms with Gasteiger partial charge in [0, 0.05) is 13.2 Å². The van der Waals surface area contributed by atoms with E-state index in [-0.39, 0.29) is 11.5 Å². The molecule has 64 heavy (non-hydrogen) atoms. The van der Waals surface area contributed by atoms with Crippen LogP contribution in [0.5, 0.6) is 11.5 Å². The molecule has 0 unspecified atom stereocenters. The lowest BCUT2D eigenvalue weighted by Gasteiger charge is -2.15. The van der Waals surface area contributed by atoms with Gasteiger partial charge in [-0.2, -0.15) is 16.8 Å². The van der Waals surface area contributed by atoms with Crippen LogP contribution in [0.3, 0.4) is 0 Å². The molecule has 0 spiro atoms. The minimum absolute atomic E-state index is 0.254. The summed E-state index contributed by atoms with van der Waals surface area (Å²) in [4.78, 5) is 0. The molecule has 0 aliphatic carbocycles. The van der Waals surface area contributed by atoms with Crippen LogP contribution < -0.4 is 9.47 Å². The molecule has 2 aromatic rings. The number of hydrogen-bond acceptors (Lipinski definition) is 18. The molecule has 0 aromatic heterocycles. The maximum Gasteiger partial charge on any atom is 0.264 e. The molecule has 0 bridgehead atoms. The third kappa shape index (κ3) is 36.8. The van der Waals surface area contributed by atoms with Crippen LogP contribution in [0.15, 0.2) is 36.4 Å². The molecule has 0 radical (unpaired) electrons. The van der Waals surface area contributed by atoms with Gasteiger partial charge in [0.15, 0.2) is 11.5 Å². The second kappa shape index (κ2) is 39.8. The summed E-state index contributed by atoms with van der Waals surface area (Å²) in [5.74, 6) is 0.739. The van der Waals surface area contributed by atoms with E-state index in [1.165, 1.54) is 0 Å². The van der Waals surface area contributed by atoms with Crippen molar-refractivity contribution in [1.82, 2.24) is 0 Å². The van der Waals surface area contributed by atoms with Gasteiger partial charge >= 0.3 is 0 Å². The van der Waals surface area contributed by atoms with Crippen molar-refractivity contribution in [2.24, 2.45) is 0 Å². The highest BCUT2D eigenvalue weighted by molar-refractivity contribution is 7.86. The second-order valence-corrected chi connectivity index (χ2v) is 16.8. The fourth-order valence-electron chi connectivity index (χ4n) is 5.23. The summed E-state index contributed by atoms with van der Waals surface area (Å²) in [5.41, 5.74) is 0. The maximum absolute atomic E-state index is 10.6. The van der Waals surface area contributed by atoms with E-state index in [4.69, 9.17) is 75.4 Å². The molecular formula is C42H72O20S2. The van der Waals surface area contributed by atoms with E-state index < -0.39 is 20.2 Å². The number of benzene rings is 2. The van der Waals surface area contributed by atoms with Gasteiger partial charge in [-0.15, -0.1) is 0 Å². The highest BCUT2D eigenvalue weighted by Gasteiger charge is 2.09. The Labute approximate surface area is 379 Å². The third-order valence-electron chi connectivity index (χ3n) is 8.38. The predicted octanol–water partition coefficient (Wildman–Crippen LogP) is 3.13. The van der Waals surface area contributed by atoms with E-state index in [0.29, 0.717) is 209 Å². The topological polar surface area (TPSA) is 238 Å². The molecule has 20 nitrogen and oxygen atoms in total. The van der Waals surface area contributed by atoms with E-state index >= 15 is 0 Å². The predicted molar refractivity (Wildman–Crippen MR) is 236 cm³/mol. The first kappa shape index (κ1) is 57.8. The quantitative estimate of drug-likeness (QED) is 0.0716. The molecular weight excluding hydrogens is 889 g/mol. The number of fused-ring (bicyclic) bond motifs is 1. The lowest BCUT2D eigenvalue weighted by molar-refractivity contribution is -0.0181. The van der Waals surface area contributed by atoms with Crippen LogP contribution >= 0.6 is 0 Å². The minimum Gasteiger partial charge on any atom is -0.487 e. The summed E-state index contributed by atoms with van der Waals surface area (Å²) in [6, 6.07) is 11.9. The molecule has 2 aromatic carbocycles. The number of ether oxygens (including phenoxy) is 14. The normalized spacial score (nSPS) is 12.1. The third-order valence-corrected chi connectivity index (χ3v) is 9.99. The Morgan fingerprint density at radius 1 is 0.312 bits per heavy atom. The molecule has 372 valence electrons. The zero-order chi connectivity index (χ0) is 46.1. The Morgan fingerprint density at radius 2 is 0.531 bits per heavy atom. The molecule has 0 fully saturated rings. The smallest absolute Gasteiger partial charge is 0.264 e. The highest BCUT2D eigenvalue weighted by Crippen LogP contribution is 2.32. The van der Waals surface area contributed by atoms with Crippen molar-refractivity contribution in [2.75, 3.05) is 183 Å². The van der Waals surface area contributed by atoms with Crippen molar-refractivity contribution in [3.8, 4) is 11.5 Å². The van der Waals surface area contributed by atoms with Crippen LogP contribution in [0.2, 0.25) is 0 Å². The van der Waals surface area contributed by atoms with Crippen molar-refractivity contribution in [1.29, 1.82) is 0 Å². The van der Waals surface area contributed by atoms with E-state index in [0.717, 1.165) is 10.8 Å². The Morgan fingerprint density at radius 3 is 0.766 bits per heavy atom. The standard InChI is InChI=1S/C42H72O20S2/c43-63(44,45)35-5-3-9-49-11-13-51-15-17-53-19-21-55-23-25-57-27-29-59-31-33-61-41-37-39-7-1-2-8-40(39)38-42(41)62-34-32-60-30-28-58-26-24-56-22-20-54-18-16-52-14-12-50-10-4-6-36-64(46,47)48/h1-2,7-8,37-38H,3-6,9-36H2,(H,43,44,45)(H,46,47,48). The van der Waals surface area contributed by atoms with Gasteiger partial charge in [-0.05, 0) is 48.6 Å². The van der Waals surface area contributed by atoms with Crippen LogP contribution in [0.1, 0.15) is 25.7 Å². The largest absolute Gasteiger partial charge is 0.487 e. The summed E-state index contributed by atoms with van der Waals surface area (Å²) >= 11 is 0. The van der Waals surface area contributed by atoms with Gasteiger partial charge in [-0.1, -0.05) is 24.3 Å². The summed E-state index contributed by atoms with van der Waals surface area (Å²) in [5, 5.41) is 2.07. The zero-order valence-corrected chi connectivity index (χ0v) is 38.8. The zero-order valence-electron chi connectivity index (χ0n) is 37.2. The van der Waals surface area contributed by atoms with E-state index in [1.54, 1.807) is 0 Å². The van der Waals surface area contributed by atoms with Crippen molar-refractivity contribution >= 4 is 31.0 Å². The Kier molecular flexibility index (Phi) is 35.9. The minimum atomic E-state index is -3.91. The first-order valence-corrected chi connectivity index (χ1v) is 25.0. The molecule has 0 saturated carbocycles. The molecule has 0 aliphatic rings. The van der Waals surface area contributed by atoms with E-state index in [1.807, 2.05) is 36.4 Å². The van der Waals surface area contributed by atoms with Gasteiger partial charge in [0.05, 0.1) is 157 Å². The molecule has 0 atom stereocenters. The summed E-state index contributed by atoms with van der Waals surface area (Å²) in [6.45, 7) is 10.9. The second-order valence-electron chi connectivity index (χ2n) is 13.7. The van der Waals surface area contributed by atoms with Crippen LogP contribution in [-0.4, -0.2) is 209 Å². The van der Waals surface area contributed by atoms with Crippen LogP contribution in [0.4, 0.5) is 0 Å². The Balaban J connectivity index is 1.37. The van der Waals surface area contributed by atoms with Crippen molar-refractivity contribution in [2.45, 2.75) is 25.7 Å². The molecule has 2 N–H and O–H groups in total. The van der Waals surface area contributed by atoms with Crippen LogP contribution in [0.25, 0.3) is 10.8 Å². The highest BCUT2D eigenvalue weighted by atomic mass is 32.2. The lowest BCUT2D eigenvalue weighted by Crippen LogP contribution is -2.15. The fourth-order valence-corrected chi connectivity index (χ4v) is 6.36. The summed E-state index contributed by atoms with van der Waals surface area (Å²) < 4.78 is 138. The van der Waals surface area contributed by atoms with Gasteiger partial charge in [0.2, 0.25) is 0 Å². The van der Waals surface area contributed by atoms with Crippen molar-refractivity contribution in [3.05, 3.63) is 36.4 Å². The fraction of sp³-hybridized carbons (Fsp3) is 0.762. The van der Waals surface area contributed by atoms with Crippen molar-refractivity contribution in [3.63, 3.8) is 0 Å². The van der Waals surface area contributed by atoms with Gasteiger partial charge < -0.3 is 66.3 Å². The molecule has 0 amide bonds. The van der Waals surface area contributed by atoms with Gasteiger partial charge in [0.25, 0.3) is 20.2 Å². The molecule has 0 heterocycles. The first-order valence-electron chi connectivity index (χ1n) is 21.8. The number of unbranched alkanes of at least 4 members (excludes halogenated alkanes) is 2. The summed E-state index contributed by atoms with van der Waals surface area (Å²) in [7, 11) is -7.81. The van der Waals surface area contributed by atoms with Gasteiger partial charge in [0.1, 0.15) is 13.2 Å². The van der Waals surface area contributed by atoms with Gasteiger partial charge in [-0.25, -0.2) is 0 Å². The average Bonchev–Trinajstić information content (AvgIpc) is 3.26.